The Balaban J connectivity index is 1.77. The van der Waals surface area contributed by atoms with Crippen molar-refractivity contribution in [2.75, 3.05) is 6.61 Å². The third-order valence-electron chi connectivity index (χ3n) is 3.65. The van der Waals surface area contributed by atoms with Crippen LogP contribution < -0.4 is 10.1 Å². The van der Waals surface area contributed by atoms with Crippen molar-refractivity contribution in [3.8, 4) is 5.75 Å². The highest BCUT2D eigenvalue weighted by Gasteiger charge is 2.18. The fraction of sp³-hybridized carbons (Fsp3) is 0.250. The van der Waals surface area contributed by atoms with Gasteiger partial charge in [-0.1, -0.05) is 24.3 Å². The summed E-state index contributed by atoms with van der Waals surface area (Å²) in [5.74, 6) is -1.32. The van der Waals surface area contributed by atoms with Gasteiger partial charge in [-0.3, -0.25) is 9.59 Å². The molecule has 27 heavy (non-hydrogen) atoms. The molecule has 0 aliphatic heterocycles. The molecule has 1 N–H and O–H groups in total. The Kier molecular flexibility index (Phi) is 7.05. The number of carbonyl (C=O) groups is 3. The molecule has 0 fully saturated rings. The first-order chi connectivity index (χ1) is 12.8. The van der Waals surface area contributed by atoms with Gasteiger partial charge in [-0.15, -0.1) is 0 Å². The van der Waals surface area contributed by atoms with Gasteiger partial charge in [0.25, 0.3) is 5.91 Å². The molecule has 7 heteroatoms. The van der Waals surface area contributed by atoms with Crippen molar-refractivity contribution in [1.82, 2.24) is 5.32 Å². The lowest BCUT2D eigenvalue weighted by Gasteiger charge is -2.14. The molecule has 2 aromatic carbocycles. The molecule has 0 radical (unpaired) electrons. The first-order valence-electron chi connectivity index (χ1n) is 8.30. The van der Waals surface area contributed by atoms with E-state index in [9.17, 15) is 18.8 Å². The molecule has 2 aromatic rings. The highest BCUT2D eigenvalue weighted by atomic mass is 19.1. The third kappa shape index (κ3) is 6.54. The highest BCUT2D eigenvalue weighted by molar-refractivity contribution is 5.94. The summed E-state index contributed by atoms with van der Waals surface area (Å²) < 4.78 is 23.1. The topological polar surface area (TPSA) is 81.7 Å². The minimum atomic E-state index is -1.01. The number of ketones is 1. The molecule has 0 aromatic heterocycles. The number of ether oxygens (including phenoxy) is 2. The quantitative estimate of drug-likeness (QED) is 0.568. The van der Waals surface area contributed by atoms with E-state index in [-0.39, 0.29) is 18.1 Å². The lowest BCUT2D eigenvalue weighted by Crippen LogP contribution is -2.36. The fourth-order valence-corrected chi connectivity index (χ4v) is 2.17. The van der Waals surface area contributed by atoms with E-state index >= 15 is 0 Å². The number of halogens is 1. The van der Waals surface area contributed by atoms with E-state index in [4.69, 9.17) is 9.47 Å². The predicted octanol–water partition coefficient (Wildman–Crippen LogP) is 2.66. The zero-order valence-corrected chi connectivity index (χ0v) is 15.0. The minimum Gasteiger partial charge on any atom is -0.482 e. The minimum absolute atomic E-state index is 0.116. The third-order valence-corrected chi connectivity index (χ3v) is 3.65. The number of Topliss-reactive ketones (excluding diaryl/α,β-unsaturated/α-hetero) is 1. The van der Waals surface area contributed by atoms with Crippen LogP contribution in [0.25, 0.3) is 0 Å². The SMILES string of the molecule is CC(=O)c1cccc(OCC(=O)O[C@H](C)C(=O)NCc2ccc(F)cc2)c1. The lowest BCUT2D eigenvalue weighted by molar-refractivity contribution is -0.156. The monoisotopic (exact) mass is 373 g/mol. The Labute approximate surface area is 156 Å². The molecule has 0 saturated heterocycles. The number of hydrogen-bond acceptors (Lipinski definition) is 5. The number of nitrogens with one attached hydrogen (secondary N) is 1. The standard InChI is InChI=1S/C20H20FNO5/c1-13(23)16-4-3-5-18(10-16)26-12-19(24)27-14(2)20(25)22-11-15-6-8-17(21)9-7-15/h3-10,14H,11-12H2,1-2H3,(H,22,25)/t14-/m1/s1. The van der Waals surface area contributed by atoms with Crippen LogP contribution in [0.15, 0.2) is 48.5 Å². The van der Waals surface area contributed by atoms with Gasteiger partial charge < -0.3 is 14.8 Å². The fourth-order valence-electron chi connectivity index (χ4n) is 2.17. The Morgan fingerprint density at radius 3 is 2.48 bits per heavy atom. The Hall–Kier alpha value is -3.22. The summed E-state index contributed by atoms with van der Waals surface area (Å²) in [6.07, 6.45) is -1.01. The zero-order valence-electron chi connectivity index (χ0n) is 15.0. The number of esters is 1. The largest absolute Gasteiger partial charge is 0.482 e. The van der Waals surface area contributed by atoms with Gasteiger partial charge in [0.1, 0.15) is 11.6 Å². The smallest absolute Gasteiger partial charge is 0.344 e. The van der Waals surface area contributed by atoms with Crippen molar-refractivity contribution in [1.29, 1.82) is 0 Å². The molecule has 0 aliphatic carbocycles. The summed E-state index contributed by atoms with van der Waals surface area (Å²) in [5.41, 5.74) is 1.19. The van der Waals surface area contributed by atoms with Gasteiger partial charge in [0, 0.05) is 12.1 Å². The second kappa shape index (κ2) is 9.47. The first-order valence-corrected chi connectivity index (χ1v) is 8.30. The molecule has 0 spiro atoms. The summed E-state index contributed by atoms with van der Waals surface area (Å²) in [7, 11) is 0. The van der Waals surface area contributed by atoms with Crippen LogP contribution in [0.4, 0.5) is 4.39 Å². The van der Waals surface area contributed by atoms with Crippen LogP contribution >= 0.6 is 0 Å². The van der Waals surface area contributed by atoms with Gasteiger partial charge in [-0.2, -0.15) is 0 Å². The Morgan fingerprint density at radius 1 is 1.11 bits per heavy atom. The molecule has 0 saturated carbocycles. The summed E-state index contributed by atoms with van der Waals surface area (Å²) in [6.45, 7) is 2.67. The van der Waals surface area contributed by atoms with Gasteiger partial charge in [0.2, 0.25) is 0 Å². The van der Waals surface area contributed by atoms with E-state index in [0.29, 0.717) is 11.3 Å². The number of amides is 1. The van der Waals surface area contributed by atoms with Crippen LogP contribution in [0.2, 0.25) is 0 Å². The average molecular weight is 373 g/mol. The molecule has 6 nitrogen and oxygen atoms in total. The van der Waals surface area contributed by atoms with Crippen LogP contribution in [0.3, 0.4) is 0 Å². The molecule has 0 unspecified atom stereocenters. The number of hydrogen-bond donors (Lipinski definition) is 1. The first kappa shape index (κ1) is 20.1. The molecule has 1 atom stereocenters. The summed E-state index contributed by atoms with van der Waals surface area (Å²) in [4.78, 5) is 35.1. The molecule has 0 bridgehead atoms. The summed E-state index contributed by atoms with van der Waals surface area (Å²) in [5, 5.41) is 2.60. The van der Waals surface area contributed by atoms with Crippen molar-refractivity contribution in [3.63, 3.8) is 0 Å². The van der Waals surface area contributed by atoms with Crippen molar-refractivity contribution in [2.45, 2.75) is 26.5 Å². The van der Waals surface area contributed by atoms with Crippen LogP contribution in [-0.4, -0.2) is 30.4 Å². The van der Waals surface area contributed by atoms with Gasteiger partial charge in [-0.05, 0) is 43.7 Å². The van der Waals surface area contributed by atoms with E-state index in [1.165, 1.54) is 32.0 Å². The van der Waals surface area contributed by atoms with Gasteiger partial charge in [0.15, 0.2) is 18.5 Å². The van der Waals surface area contributed by atoms with E-state index in [1.54, 1.807) is 30.3 Å². The Morgan fingerprint density at radius 2 is 1.81 bits per heavy atom. The van der Waals surface area contributed by atoms with Gasteiger partial charge in [-0.25, -0.2) is 9.18 Å². The maximum absolute atomic E-state index is 12.8. The molecular weight excluding hydrogens is 353 g/mol. The highest BCUT2D eigenvalue weighted by Crippen LogP contribution is 2.13. The second-order valence-corrected chi connectivity index (χ2v) is 5.85. The predicted molar refractivity (Wildman–Crippen MR) is 95.7 cm³/mol. The molecular formula is C20H20FNO5. The normalized spacial score (nSPS) is 11.4. The van der Waals surface area contributed by atoms with E-state index in [1.807, 2.05) is 0 Å². The number of carbonyl (C=O) groups excluding carboxylic acids is 3. The average Bonchev–Trinajstić information content (AvgIpc) is 2.65. The van der Waals surface area contributed by atoms with Crippen LogP contribution in [0, 0.1) is 5.82 Å². The Bertz CT molecular complexity index is 819. The molecule has 142 valence electrons. The van der Waals surface area contributed by atoms with Crippen molar-refractivity contribution in [2.24, 2.45) is 0 Å². The summed E-state index contributed by atoms with van der Waals surface area (Å²) >= 11 is 0. The van der Waals surface area contributed by atoms with Crippen LogP contribution in [0.5, 0.6) is 5.75 Å². The van der Waals surface area contributed by atoms with Crippen LogP contribution in [0.1, 0.15) is 29.8 Å². The van der Waals surface area contributed by atoms with E-state index in [0.717, 1.165) is 5.56 Å². The van der Waals surface area contributed by atoms with Crippen molar-refractivity contribution >= 4 is 17.7 Å². The maximum atomic E-state index is 12.8. The van der Waals surface area contributed by atoms with E-state index < -0.39 is 24.6 Å². The summed E-state index contributed by atoms with van der Waals surface area (Å²) in [6, 6.07) is 12.1. The maximum Gasteiger partial charge on any atom is 0.344 e. The number of rotatable bonds is 8. The van der Waals surface area contributed by atoms with Crippen molar-refractivity contribution < 1.29 is 28.2 Å². The zero-order chi connectivity index (χ0) is 19.8. The van der Waals surface area contributed by atoms with Crippen LogP contribution in [-0.2, 0) is 20.9 Å². The van der Waals surface area contributed by atoms with Gasteiger partial charge in [0.05, 0.1) is 0 Å². The van der Waals surface area contributed by atoms with Crippen molar-refractivity contribution in [3.05, 3.63) is 65.5 Å². The molecule has 0 heterocycles. The molecule has 0 aliphatic rings. The lowest BCUT2D eigenvalue weighted by atomic mass is 10.1. The van der Waals surface area contributed by atoms with E-state index in [2.05, 4.69) is 5.32 Å². The van der Waals surface area contributed by atoms with Gasteiger partial charge >= 0.3 is 5.97 Å². The second-order valence-electron chi connectivity index (χ2n) is 5.85. The number of benzene rings is 2. The molecule has 2 rings (SSSR count). The molecule has 1 amide bonds.